The van der Waals surface area contributed by atoms with Gasteiger partial charge in [-0.05, 0) is 63.2 Å². The second kappa shape index (κ2) is 9.22. The first-order valence-corrected chi connectivity index (χ1v) is 9.27. The third-order valence-corrected chi connectivity index (χ3v) is 5.06. The van der Waals surface area contributed by atoms with Gasteiger partial charge in [0.1, 0.15) is 0 Å². The van der Waals surface area contributed by atoms with E-state index in [9.17, 15) is 9.59 Å². The highest BCUT2D eigenvalue weighted by atomic mass is 35.5. The van der Waals surface area contributed by atoms with E-state index < -0.39 is 6.04 Å². The van der Waals surface area contributed by atoms with E-state index in [1.165, 1.54) is 0 Å². The van der Waals surface area contributed by atoms with E-state index in [2.05, 4.69) is 10.6 Å². The van der Waals surface area contributed by atoms with E-state index in [0.29, 0.717) is 15.7 Å². The van der Waals surface area contributed by atoms with Crippen molar-refractivity contribution >= 4 is 46.4 Å². The van der Waals surface area contributed by atoms with Crippen LogP contribution in [-0.4, -0.2) is 36.3 Å². The molecule has 0 spiro atoms. The summed E-state index contributed by atoms with van der Waals surface area (Å²) in [5.74, 6) is -0.465. The molecule has 2 amide bonds. The normalized spacial score (nSPS) is 12.0. The van der Waals surface area contributed by atoms with Crippen molar-refractivity contribution < 1.29 is 9.59 Å². The summed E-state index contributed by atoms with van der Waals surface area (Å²) >= 11 is 12.0. The Morgan fingerprint density at radius 3 is 2.48 bits per heavy atom. The van der Waals surface area contributed by atoms with Crippen molar-refractivity contribution in [3.05, 3.63) is 57.6 Å². The Morgan fingerprint density at radius 1 is 1.07 bits per heavy atom. The van der Waals surface area contributed by atoms with Gasteiger partial charge < -0.3 is 10.6 Å². The predicted octanol–water partition coefficient (Wildman–Crippen LogP) is 4.51. The zero-order chi connectivity index (χ0) is 20.1. The van der Waals surface area contributed by atoms with Crippen molar-refractivity contribution in [2.24, 2.45) is 0 Å². The molecule has 0 aliphatic rings. The summed E-state index contributed by atoms with van der Waals surface area (Å²) in [4.78, 5) is 26.5. The van der Waals surface area contributed by atoms with E-state index in [1.54, 1.807) is 37.1 Å². The lowest BCUT2D eigenvalue weighted by Gasteiger charge is -2.23. The van der Waals surface area contributed by atoms with Gasteiger partial charge in [0, 0.05) is 10.7 Å². The minimum absolute atomic E-state index is 0.0746. The number of halogens is 2. The van der Waals surface area contributed by atoms with Crippen LogP contribution < -0.4 is 10.6 Å². The fraction of sp³-hybridized carbons (Fsp3) is 0.300. The third kappa shape index (κ3) is 5.70. The third-order valence-electron chi connectivity index (χ3n) is 4.50. The molecule has 144 valence electrons. The highest BCUT2D eigenvalue weighted by Gasteiger charge is 2.21. The highest BCUT2D eigenvalue weighted by molar-refractivity contribution is 6.35. The summed E-state index contributed by atoms with van der Waals surface area (Å²) in [5, 5.41) is 6.51. The Kier molecular flexibility index (Phi) is 7.25. The summed E-state index contributed by atoms with van der Waals surface area (Å²) in [6, 6.07) is 10.1. The predicted molar refractivity (Wildman–Crippen MR) is 112 cm³/mol. The van der Waals surface area contributed by atoms with Gasteiger partial charge in [-0.3, -0.25) is 14.5 Å². The van der Waals surface area contributed by atoms with E-state index in [1.807, 2.05) is 32.0 Å². The Bertz CT molecular complexity index is 855. The lowest BCUT2D eigenvalue weighted by molar-refractivity contribution is -0.122. The zero-order valence-corrected chi connectivity index (χ0v) is 17.3. The van der Waals surface area contributed by atoms with Crippen molar-refractivity contribution in [1.29, 1.82) is 0 Å². The number of anilines is 2. The van der Waals surface area contributed by atoms with Gasteiger partial charge >= 0.3 is 0 Å². The zero-order valence-electron chi connectivity index (χ0n) is 15.8. The van der Waals surface area contributed by atoms with Crippen LogP contribution in [0.5, 0.6) is 0 Å². The number of nitrogens with zero attached hydrogens (tertiary/aromatic N) is 1. The van der Waals surface area contributed by atoms with E-state index in [4.69, 9.17) is 23.2 Å². The standard InChI is InChI=1S/C20H23Cl2N3O2/c1-12-6-5-7-17(13(12)2)23-19(26)11-25(4)14(3)20(27)24-18-10-15(21)8-9-16(18)22/h5-10,14H,11H2,1-4H3,(H,23,26)(H,24,27)/t14-/m0/s1. The van der Waals surface area contributed by atoms with Gasteiger partial charge in [-0.2, -0.15) is 0 Å². The first-order valence-electron chi connectivity index (χ1n) is 8.51. The molecular weight excluding hydrogens is 385 g/mol. The Hall–Kier alpha value is -2.08. The minimum Gasteiger partial charge on any atom is -0.325 e. The molecule has 5 nitrogen and oxygen atoms in total. The van der Waals surface area contributed by atoms with Crippen LogP contribution in [0.4, 0.5) is 11.4 Å². The number of carbonyl (C=O) groups is 2. The Labute approximate surface area is 169 Å². The van der Waals surface area contributed by atoms with Crippen LogP contribution in [0.15, 0.2) is 36.4 Å². The summed E-state index contributed by atoms with van der Waals surface area (Å²) in [5.41, 5.74) is 3.34. The number of likely N-dealkylation sites (N-methyl/N-ethyl adjacent to an activating group) is 1. The van der Waals surface area contributed by atoms with Crippen molar-refractivity contribution in [3.63, 3.8) is 0 Å². The molecule has 0 saturated carbocycles. The first kappa shape index (κ1) is 21.2. The summed E-state index contributed by atoms with van der Waals surface area (Å²) in [6.45, 7) is 5.74. The average Bonchev–Trinajstić information content (AvgIpc) is 2.61. The number of rotatable bonds is 6. The van der Waals surface area contributed by atoms with E-state index >= 15 is 0 Å². The molecule has 0 heterocycles. The molecule has 2 rings (SSSR count). The second-order valence-corrected chi connectivity index (χ2v) is 7.34. The number of aryl methyl sites for hydroxylation is 1. The minimum atomic E-state index is -0.538. The second-order valence-electron chi connectivity index (χ2n) is 6.50. The molecule has 0 fully saturated rings. The number of nitrogens with one attached hydrogen (secondary N) is 2. The highest BCUT2D eigenvalue weighted by Crippen LogP contribution is 2.25. The monoisotopic (exact) mass is 407 g/mol. The molecule has 0 radical (unpaired) electrons. The molecule has 2 aromatic rings. The number of hydrogen-bond donors (Lipinski definition) is 2. The van der Waals surface area contributed by atoms with Gasteiger partial charge in [0.2, 0.25) is 11.8 Å². The molecule has 0 aliphatic carbocycles. The van der Waals surface area contributed by atoms with Crippen LogP contribution in [0.25, 0.3) is 0 Å². The molecule has 0 aromatic heterocycles. The van der Waals surface area contributed by atoms with Crippen molar-refractivity contribution in [2.75, 3.05) is 24.2 Å². The lowest BCUT2D eigenvalue weighted by atomic mass is 10.1. The molecule has 7 heteroatoms. The smallest absolute Gasteiger partial charge is 0.241 e. The summed E-state index contributed by atoms with van der Waals surface area (Å²) in [7, 11) is 1.71. The van der Waals surface area contributed by atoms with Crippen LogP contribution in [0, 0.1) is 13.8 Å². The number of carbonyl (C=O) groups excluding carboxylic acids is 2. The average molecular weight is 408 g/mol. The maximum absolute atomic E-state index is 12.5. The molecule has 0 bridgehead atoms. The molecule has 2 aromatic carbocycles. The van der Waals surface area contributed by atoms with Gasteiger partial charge in [-0.1, -0.05) is 35.3 Å². The largest absolute Gasteiger partial charge is 0.325 e. The van der Waals surface area contributed by atoms with Gasteiger partial charge in [0.15, 0.2) is 0 Å². The van der Waals surface area contributed by atoms with Crippen LogP contribution in [0.2, 0.25) is 10.0 Å². The molecule has 27 heavy (non-hydrogen) atoms. The van der Waals surface area contributed by atoms with Crippen molar-refractivity contribution in [1.82, 2.24) is 4.90 Å². The fourth-order valence-corrected chi connectivity index (χ4v) is 2.81. The van der Waals surface area contributed by atoms with Gasteiger partial charge in [0.25, 0.3) is 0 Å². The van der Waals surface area contributed by atoms with Crippen molar-refractivity contribution in [3.8, 4) is 0 Å². The van der Waals surface area contributed by atoms with E-state index in [0.717, 1.165) is 16.8 Å². The molecule has 0 saturated heterocycles. The lowest BCUT2D eigenvalue weighted by Crippen LogP contribution is -2.43. The Morgan fingerprint density at radius 2 is 1.78 bits per heavy atom. The van der Waals surface area contributed by atoms with E-state index in [-0.39, 0.29) is 18.4 Å². The van der Waals surface area contributed by atoms with Crippen LogP contribution in [-0.2, 0) is 9.59 Å². The maximum atomic E-state index is 12.5. The topological polar surface area (TPSA) is 61.4 Å². The molecule has 1 atom stereocenters. The molecule has 0 unspecified atom stereocenters. The van der Waals surface area contributed by atoms with Crippen molar-refractivity contribution in [2.45, 2.75) is 26.8 Å². The van der Waals surface area contributed by atoms with Gasteiger partial charge in [-0.25, -0.2) is 0 Å². The first-order chi connectivity index (χ1) is 12.7. The number of amides is 2. The maximum Gasteiger partial charge on any atom is 0.241 e. The summed E-state index contributed by atoms with van der Waals surface area (Å²) < 4.78 is 0. The number of benzene rings is 2. The van der Waals surface area contributed by atoms with Gasteiger partial charge in [0.05, 0.1) is 23.3 Å². The van der Waals surface area contributed by atoms with Crippen LogP contribution in [0.1, 0.15) is 18.1 Å². The fourth-order valence-electron chi connectivity index (χ4n) is 2.47. The number of hydrogen-bond acceptors (Lipinski definition) is 3. The summed E-state index contributed by atoms with van der Waals surface area (Å²) in [6.07, 6.45) is 0. The quantitative estimate of drug-likeness (QED) is 0.740. The molecule has 0 aliphatic heterocycles. The SMILES string of the molecule is Cc1cccc(NC(=O)CN(C)[C@@H](C)C(=O)Nc2cc(Cl)ccc2Cl)c1C. The van der Waals surface area contributed by atoms with Gasteiger partial charge in [-0.15, -0.1) is 0 Å². The molecule has 2 N–H and O–H groups in total. The Balaban J connectivity index is 1.96. The molecular formula is C20H23Cl2N3O2. The van der Waals surface area contributed by atoms with Crippen LogP contribution >= 0.6 is 23.2 Å². The van der Waals surface area contributed by atoms with Crippen LogP contribution in [0.3, 0.4) is 0 Å².